The Hall–Kier alpha value is -1.37. The van der Waals surface area contributed by atoms with Crippen LogP contribution >= 0.6 is 0 Å². The van der Waals surface area contributed by atoms with Crippen molar-refractivity contribution >= 4 is 0 Å². The molecule has 17 heavy (non-hydrogen) atoms. The lowest BCUT2D eigenvalue weighted by Gasteiger charge is -2.34. The van der Waals surface area contributed by atoms with E-state index in [2.05, 4.69) is 17.9 Å². The van der Waals surface area contributed by atoms with Gasteiger partial charge in [-0.1, -0.05) is 19.1 Å². The summed E-state index contributed by atoms with van der Waals surface area (Å²) in [6, 6.07) is 9.84. The summed E-state index contributed by atoms with van der Waals surface area (Å²) < 4.78 is 0. The number of β-amino-alcohol motifs (C(OH)–C–C–N with tert-alkyl or cyclic N) is 1. The van der Waals surface area contributed by atoms with Crippen molar-refractivity contribution in [1.29, 1.82) is 5.26 Å². The van der Waals surface area contributed by atoms with Crippen molar-refractivity contribution in [2.24, 2.45) is 5.92 Å². The van der Waals surface area contributed by atoms with Crippen LogP contribution in [-0.2, 0) is 6.54 Å². The number of aliphatic hydroxyl groups excluding tert-OH is 1. The van der Waals surface area contributed by atoms with Crippen molar-refractivity contribution in [3.63, 3.8) is 0 Å². The number of nitriles is 1. The average molecular weight is 230 g/mol. The van der Waals surface area contributed by atoms with Crippen LogP contribution in [0.3, 0.4) is 0 Å². The van der Waals surface area contributed by atoms with Gasteiger partial charge >= 0.3 is 0 Å². The van der Waals surface area contributed by atoms with Gasteiger partial charge in [-0.15, -0.1) is 0 Å². The molecule has 0 aliphatic carbocycles. The normalized spacial score (nSPS) is 25.5. The van der Waals surface area contributed by atoms with Gasteiger partial charge in [-0.05, 0) is 36.6 Å². The van der Waals surface area contributed by atoms with Gasteiger partial charge in [0.1, 0.15) is 0 Å². The van der Waals surface area contributed by atoms with Crippen LogP contribution in [-0.4, -0.2) is 29.2 Å². The van der Waals surface area contributed by atoms with E-state index in [1.807, 2.05) is 24.3 Å². The van der Waals surface area contributed by atoms with Gasteiger partial charge < -0.3 is 5.11 Å². The largest absolute Gasteiger partial charge is 0.392 e. The van der Waals surface area contributed by atoms with E-state index in [0.717, 1.165) is 31.6 Å². The molecule has 3 heteroatoms. The Kier molecular flexibility index (Phi) is 3.78. The third-order valence-electron chi connectivity index (χ3n) is 3.47. The molecule has 2 atom stereocenters. The van der Waals surface area contributed by atoms with Crippen molar-refractivity contribution in [2.75, 3.05) is 13.1 Å². The molecule has 2 unspecified atom stereocenters. The SMILES string of the molecule is CC1CCN(Cc2cccc(C#N)c2)CC1O. The lowest BCUT2D eigenvalue weighted by Crippen LogP contribution is -2.42. The summed E-state index contributed by atoms with van der Waals surface area (Å²) in [5, 5.41) is 18.7. The number of hydrogen-bond donors (Lipinski definition) is 1. The second-order valence-corrected chi connectivity index (χ2v) is 4.88. The molecular weight excluding hydrogens is 212 g/mol. The summed E-state index contributed by atoms with van der Waals surface area (Å²) in [4.78, 5) is 2.25. The van der Waals surface area contributed by atoms with Crippen LogP contribution in [0.25, 0.3) is 0 Å². The molecule has 1 aromatic rings. The highest BCUT2D eigenvalue weighted by molar-refractivity contribution is 5.32. The summed E-state index contributed by atoms with van der Waals surface area (Å²) in [6.07, 6.45) is 0.821. The first-order valence-corrected chi connectivity index (χ1v) is 6.08. The maximum Gasteiger partial charge on any atom is 0.0991 e. The zero-order valence-electron chi connectivity index (χ0n) is 10.1. The van der Waals surface area contributed by atoms with Gasteiger partial charge in [-0.3, -0.25) is 4.90 Å². The van der Waals surface area contributed by atoms with Gasteiger partial charge in [0, 0.05) is 13.1 Å². The number of aliphatic hydroxyl groups is 1. The summed E-state index contributed by atoms with van der Waals surface area (Å²) in [5.41, 5.74) is 1.85. The van der Waals surface area contributed by atoms with E-state index in [1.165, 1.54) is 0 Å². The fourth-order valence-corrected chi connectivity index (χ4v) is 2.26. The smallest absolute Gasteiger partial charge is 0.0991 e. The van der Waals surface area contributed by atoms with Crippen molar-refractivity contribution in [1.82, 2.24) is 4.90 Å². The summed E-state index contributed by atoms with van der Waals surface area (Å²) >= 11 is 0. The van der Waals surface area contributed by atoms with E-state index >= 15 is 0 Å². The fourth-order valence-electron chi connectivity index (χ4n) is 2.26. The lowest BCUT2D eigenvalue weighted by atomic mass is 9.95. The molecule has 1 saturated heterocycles. The van der Waals surface area contributed by atoms with Crippen LogP contribution in [0.5, 0.6) is 0 Å². The monoisotopic (exact) mass is 230 g/mol. The highest BCUT2D eigenvalue weighted by Gasteiger charge is 2.23. The number of benzene rings is 1. The van der Waals surface area contributed by atoms with E-state index in [4.69, 9.17) is 5.26 Å². The predicted molar refractivity (Wildman–Crippen MR) is 66.2 cm³/mol. The quantitative estimate of drug-likeness (QED) is 0.842. The molecule has 0 aromatic heterocycles. The molecule has 0 bridgehead atoms. The first kappa shape index (κ1) is 12.1. The third kappa shape index (κ3) is 3.06. The van der Waals surface area contributed by atoms with Crippen molar-refractivity contribution in [3.8, 4) is 6.07 Å². The topological polar surface area (TPSA) is 47.3 Å². The molecule has 0 spiro atoms. The van der Waals surface area contributed by atoms with Gasteiger partial charge in [0.25, 0.3) is 0 Å². The average Bonchev–Trinajstić information content (AvgIpc) is 2.34. The molecule has 0 radical (unpaired) electrons. The van der Waals surface area contributed by atoms with Crippen LogP contribution in [0, 0.1) is 17.2 Å². The van der Waals surface area contributed by atoms with Gasteiger partial charge in [0.2, 0.25) is 0 Å². The van der Waals surface area contributed by atoms with E-state index in [0.29, 0.717) is 11.5 Å². The molecule has 1 N–H and O–H groups in total. The number of likely N-dealkylation sites (tertiary alicyclic amines) is 1. The first-order valence-electron chi connectivity index (χ1n) is 6.08. The Morgan fingerprint density at radius 2 is 2.35 bits per heavy atom. The number of hydrogen-bond acceptors (Lipinski definition) is 3. The Balaban J connectivity index is 1.99. The van der Waals surface area contributed by atoms with E-state index in [-0.39, 0.29) is 6.10 Å². The van der Waals surface area contributed by atoms with E-state index < -0.39 is 0 Å². The number of rotatable bonds is 2. The van der Waals surface area contributed by atoms with Crippen molar-refractivity contribution in [2.45, 2.75) is 26.0 Å². The molecule has 3 nitrogen and oxygen atoms in total. The minimum atomic E-state index is -0.220. The third-order valence-corrected chi connectivity index (χ3v) is 3.47. The van der Waals surface area contributed by atoms with Gasteiger partial charge in [0.15, 0.2) is 0 Å². The zero-order chi connectivity index (χ0) is 12.3. The second-order valence-electron chi connectivity index (χ2n) is 4.88. The molecule has 90 valence electrons. The van der Waals surface area contributed by atoms with E-state index in [9.17, 15) is 5.11 Å². The van der Waals surface area contributed by atoms with Crippen LogP contribution in [0.15, 0.2) is 24.3 Å². The maximum atomic E-state index is 9.83. The second kappa shape index (κ2) is 5.31. The Bertz CT molecular complexity index is 424. The van der Waals surface area contributed by atoms with Crippen LogP contribution < -0.4 is 0 Å². The van der Waals surface area contributed by atoms with Gasteiger partial charge in [0.05, 0.1) is 17.7 Å². The van der Waals surface area contributed by atoms with Crippen molar-refractivity contribution in [3.05, 3.63) is 35.4 Å². The maximum absolute atomic E-state index is 9.83. The van der Waals surface area contributed by atoms with Gasteiger partial charge in [-0.25, -0.2) is 0 Å². The molecule has 1 heterocycles. The molecule has 1 aromatic carbocycles. The molecule has 2 rings (SSSR count). The predicted octanol–water partition coefficient (Wildman–Crippen LogP) is 1.76. The number of piperidine rings is 1. The standard InChI is InChI=1S/C14H18N2O/c1-11-5-6-16(10-14(11)17)9-13-4-2-3-12(7-13)8-15/h2-4,7,11,14,17H,5-6,9-10H2,1H3. The minimum Gasteiger partial charge on any atom is -0.392 e. The first-order chi connectivity index (χ1) is 8.19. The highest BCUT2D eigenvalue weighted by Crippen LogP contribution is 2.19. The molecule has 0 saturated carbocycles. The van der Waals surface area contributed by atoms with Crippen LogP contribution in [0.4, 0.5) is 0 Å². The summed E-state index contributed by atoms with van der Waals surface area (Å²) in [6.45, 7) is 4.67. The lowest BCUT2D eigenvalue weighted by molar-refractivity contribution is 0.0259. The summed E-state index contributed by atoms with van der Waals surface area (Å²) in [7, 11) is 0. The molecular formula is C14H18N2O. The fraction of sp³-hybridized carbons (Fsp3) is 0.500. The van der Waals surface area contributed by atoms with Gasteiger partial charge in [-0.2, -0.15) is 5.26 Å². The Morgan fingerprint density at radius 1 is 1.53 bits per heavy atom. The highest BCUT2D eigenvalue weighted by atomic mass is 16.3. The van der Waals surface area contributed by atoms with Crippen LogP contribution in [0.1, 0.15) is 24.5 Å². The van der Waals surface area contributed by atoms with Crippen molar-refractivity contribution < 1.29 is 5.11 Å². The molecule has 1 aliphatic heterocycles. The molecule has 0 amide bonds. The molecule has 1 aliphatic rings. The van der Waals surface area contributed by atoms with E-state index in [1.54, 1.807) is 0 Å². The zero-order valence-corrected chi connectivity index (χ0v) is 10.1. The number of nitrogens with zero attached hydrogens (tertiary/aromatic N) is 2. The summed E-state index contributed by atoms with van der Waals surface area (Å²) in [5.74, 6) is 0.400. The Labute approximate surface area is 102 Å². The van der Waals surface area contributed by atoms with Crippen LogP contribution in [0.2, 0.25) is 0 Å². The Morgan fingerprint density at radius 3 is 3.06 bits per heavy atom. The minimum absolute atomic E-state index is 0.220. The molecule has 1 fully saturated rings.